The Bertz CT molecular complexity index is 753. The maximum atomic E-state index is 13.1. The van der Waals surface area contributed by atoms with E-state index in [1.54, 1.807) is 6.07 Å². The van der Waals surface area contributed by atoms with Crippen molar-refractivity contribution in [3.05, 3.63) is 45.0 Å². The standard InChI is InChI=1S/C13H10ClFN4OS/c14-7-3-6(1-2-8(7)15)5-19-13-10(12(18)20)11(17)9(4-16)21-13/h1-3,19H,5,17H2,(H2,18,20). The highest BCUT2D eigenvalue weighted by Gasteiger charge is 2.20. The predicted octanol–water partition coefficient (Wildman–Crippen LogP) is 2.71. The van der Waals surface area contributed by atoms with Crippen molar-refractivity contribution in [2.75, 3.05) is 11.1 Å². The second-order valence-corrected chi connectivity index (χ2v) is 5.55. The monoisotopic (exact) mass is 324 g/mol. The van der Waals surface area contributed by atoms with E-state index in [0.29, 0.717) is 10.6 Å². The number of nitrogen functional groups attached to an aromatic ring is 1. The number of nitrogens with zero attached hydrogens (tertiary/aromatic N) is 1. The Morgan fingerprint density at radius 3 is 2.81 bits per heavy atom. The van der Waals surface area contributed by atoms with Gasteiger partial charge >= 0.3 is 0 Å². The number of hydrogen-bond acceptors (Lipinski definition) is 5. The Hall–Kier alpha value is -2.30. The van der Waals surface area contributed by atoms with Crippen LogP contribution in [0, 0.1) is 17.1 Å². The Balaban J connectivity index is 2.26. The van der Waals surface area contributed by atoms with E-state index in [2.05, 4.69) is 5.32 Å². The molecule has 1 heterocycles. The maximum absolute atomic E-state index is 13.1. The summed E-state index contributed by atoms with van der Waals surface area (Å²) in [6.07, 6.45) is 0. The molecule has 8 heteroatoms. The first-order chi connectivity index (χ1) is 9.93. The van der Waals surface area contributed by atoms with Crippen molar-refractivity contribution in [3.63, 3.8) is 0 Å². The molecule has 5 nitrogen and oxygen atoms in total. The van der Waals surface area contributed by atoms with Crippen LogP contribution in [0.15, 0.2) is 18.2 Å². The summed E-state index contributed by atoms with van der Waals surface area (Å²) < 4.78 is 13.1. The lowest BCUT2D eigenvalue weighted by atomic mass is 10.2. The van der Waals surface area contributed by atoms with Crippen LogP contribution >= 0.6 is 22.9 Å². The van der Waals surface area contributed by atoms with Crippen LogP contribution < -0.4 is 16.8 Å². The number of carbonyl (C=O) groups is 1. The summed E-state index contributed by atoms with van der Waals surface area (Å²) >= 11 is 6.73. The van der Waals surface area contributed by atoms with Crippen LogP contribution in [-0.4, -0.2) is 5.91 Å². The number of rotatable bonds is 4. The van der Waals surface area contributed by atoms with Crippen LogP contribution in [0.3, 0.4) is 0 Å². The molecule has 5 N–H and O–H groups in total. The molecule has 21 heavy (non-hydrogen) atoms. The first kappa shape index (κ1) is 15.1. The number of benzene rings is 1. The van der Waals surface area contributed by atoms with Crippen LogP contribution in [0.2, 0.25) is 5.02 Å². The van der Waals surface area contributed by atoms with Gasteiger partial charge in [0.25, 0.3) is 5.91 Å². The molecule has 0 aliphatic carbocycles. The molecule has 0 saturated carbocycles. The molecule has 0 unspecified atom stereocenters. The normalized spacial score (nSPS) is 10.1. The number of thiophene rings is 1. The van der Waals surface area contributed by atoms with E-state index in [9.17, 15) is 9.18 Å². The number of nitrogens with two attached hydrogens (primary N) is 2. The highest BCUT2D eigenvalue weighted by Crippen LogP contribution is 2.35. The van der Waals surface area contributed by atoms with Crippen molar-refractivity contribution in [1.29, 1.82) is 5.26 Å². The number of hydrogen-bond donors (Lipinski definition) is 3. The summed E-state index contributed by atoms with van der Waals surface area (Å²) in [5.74, 6) is -1.23. The molecular formula is C13H10ClFN4OS. The van der Waals surface area contributed by atoms with Gasteiger partial charge in [-0.1, -0.05) is 17.7 Å². The van der Waals surface area contributed by atoms with Gasteiger partial charge in [0.05, 0.1) is 16.3 Å². The van der Waals surface area contributed by atoms with E-state index < -0.39 is 11.7 Å². The highest BCUT2D eigenvalue weighted by molar-refractivity contribution is 7.17. The fraction of sp³-hybridized carbons (Fsp3) is 0.0769. The van der Waals surface area contributed by atoms with E-state index in [4.69, 9.17) is 28.3 Å². The number of nitrogens with one attached hydrogen (secondary N) is 1. The van der Waals surface area contributed by atoms with Crippen molar-refractivity contribution in [2.45, 2.75) is 6.54 Å². The molecule has 1 aromatic carbocycles. The summed E-state index contributed by atoms with van der Waals surface area (Å²) in [5.41, 5.74) is 11.8. The molecule has 1 amide bonds. The predicted molar refractivity (Wildman–Crippen MR) is 80.7 cm³/mol. The largest absolute Gasteiger partial charge is 0.396 e. The van der Waals surface area contributed by atoms with Gasteiger partial charge in [0, 0.05) is 6.54 Å². The van der Waals surface area contributed by atoms with Crippen LogP contribution in [0.1, 0.15) is 20.8 Å². The molecule has 0 fully saturated rings. The second kappa shape index (κ2) is 5.99. The summed E-state index contributed by atoms with van der Waals surface area (Å²) in [7, 11) is 0. The van der Waals surface area contributed by atoms with Crippen LogP contribution in [0.25, 0.3) is 0 Å². The van der Waals surface area contributed by atoms with E-state index in [0.717, 1.165) is 11.3 Å². The molecule has 2 rings (SSSR count). The van der Waals surface area contributed by atoms with Gasteiger partial charge < -0.3 is 16.8 Å². The minimum absolute atomic E-state index is 0.00725. The highest BCUT2D eigenvalue weighted by atomic mass is 35.5. The van der Waals surface area contributed by atoms with Crippen molar-refractivity contribution < 1.29 is 9.18 Å². The molecule has 0 spiro atoms. The Labute approximate surface area is 128 Å². The van der Waals surface area contributed by atoms with E-state index in [1.165, 1.54) is 12.1 Å². The molecule has 108 valence electrons. The lowest BCUT2D eigenvalue weighted by molar-refractivity contribution is 0.100. The van der Waals surface area contributed by atoms with Gasteiger partial charge in [-0.2, -0.15) is 5.26 Å². The Morgan fingerprint density at radius 2 is 2.24 bits per heavy atom. The lowest BCUT2D eigenvalue weighted by Gasteiger charge is -2.07. The molecule has 0 atom stereocenters. The van der Waals surface area contributed by atoms with E-state index in [-0.39, 0.29) is 27.7 Å². The zero-order chi connectivity index (χ0) is 15.6. The minimum Gasteiger partial charge on any atom is -0.396 e. The molecular weight excluding hydrogens is 315 g/mol. The van der Waals surface area contributed by atoms with E-state index >= 15 is 0 Å². The smallest absolute Gasteiger partial charge is 0.253 e. The third kappa shape index (κ3) is 3.07. The van der Waals surface area contributed by atoms with Gasteiger partial charge in [-0.25, -0.2) is 4.39 Å². The summed E-state index contributed by atoms with van der Waals surface area (Å²) in [5, 5.41) is 12.3. The number of primary amides is 1. The summed E-state index contributed by atoms with van der Waals surface area (Å²) in [6.45, 7) is 0.283. The molecule has 0 saturated heterocycles. The lowest BCUT2D eigenvalue weighted by Crippen LogP contribution is -2.14. The number of nitriles is 1. The fourth-order valence-corrected chi connectivity index (χ4v) is 2.85. The quantitative estimate of drug-likeness (QED) is 0.804. The van der Waals surface area contributed by atoms with Gasteiger partial charge in [-0.3, -0.25) is 4.79 Å². The minimum atomic E-state index is -0.718. The van der Waals surface area contributed by atoms with Gasteiger partial charge in [-0.15, -0.1) is 11.3 Å². The van der Waals surface area contributed by atoms with Gasteiger partial charge in [0.2, 0.25) is 0 Å². The summed E-state index contributed by atoms with van der Waals surface area (Å²) in [6, 6.07) is 6.17. The van der Waals surface area contributed by atoms with Crippen molar-refractivity contribution in [3.8, 4) is 6.07 Å². The SMILES string of the molecule is N#Cc1sc(NCc2ccc(F)c(Cl)c2)c(C(N)=O)c1N. The number of carbonyl (C=O) groups excluding carboxylic acids is 1. The molecule has 2 aromatic rings. The zero-order valence-corrected chi connectivity index (χ0v) is 12.2. The van der Waals surface area contributed by atoms with Crippen molar-refractivity contribution in [1.82, 2.24) is 0 Å². The fourth-order valence-electron chi connectivity index (χ4n) is 1.73. The number of anilines is 2. The second-order valence-electron chi connectivity index (χ2n) is 4.13. The molecule has 0 aliphatic heterocycles. The van der Waals surface area contributed by atoms with Gasteiger partial charge in [0.1, 0.15) is 21.8 Å². The molecule has 1 aromatic heterocycles. The van der Waals surface area contributed by atoms with Crippen molar-refractivity contribution >= 4 is 39.5 Å². The maximum Gasteiger partial charge on any atom is 0.253 e. The average Bonchev–Trinajstić information content (AvgIpc) is 2.76. The number of amides is 1. The van der Waals surface area contributed by atoms with Crippen LogP contribution in [0.4, 0.5) is 15.1 Å². The van der Waals surface area contributed by atoms with Gasteiger partial charge in [-0.05, 0) is 17.7 Å². The van der Waals surface area contributed by atoms with Crippen LogP contribution in [-0.2, 0) is 6.54 Å². The Kier molecular flexibility index (Phi) is 4.31. The number of halogens is 2. The van der Waals surface area contributed by atoms with E-state index in [1.807, 2.05) is 6.07 Å². The zero-order valence-electron chi connectivity index (χ0n) is 10.6. The first-order valence-electron chi connectivity index (χ1n) is 5.74. The van der Waals surface area contributed by atoms with Crippen LogP contribution in [0.5, 0.6) is 0 Å². The van der Waals surface area contributed by atoms with Gasteiger partial charge in [0.15, 0.2) is 0 Å². The molecule has 0 bridgehead atoms. The molecule has 0 radical (unpaired) electrons. The van der Waals surface area contributed by atoms with Crippen molar-refractivity contribution in [2.24, 2.45) is 5.73 Å². The Morgan fingerprint density at radius 1 is 1.52 bits per heavy atom. The average molecular weight is 325 g/mol. The third-order valence-electron chi connectivity index (χ3n) is 2.73. The first-order valence-corrected chi connectivity index (χ1v) is 6.93. The third-order valence-corrected chi connectivity index (χ3v) is 4.09. The topological polar surface area (TPSA) is 105 Å². The summed E-state index contributed by atoms with van der Waals surface area (Å²) in [4.78, 5) is 11.6. The molecule has 0 aliphatic rings.